The molecule has 0 saturated carbocycles. The van der Waals surface area contributed by atoms with E-state index in [0.29, 0.717) is 4.83 Å². The molecule has 1 aromatic rings. The molecule has 0 radical (unpaired) electrons. The van der Waals surface area contributed by atoms with Gasteiger partial charge in [0.1, 0.15) is 0 Å². The quantitative estimate of drug-likeness (QED) is 0.610. The maximum Gasteiger partial charge on any atom is 0.254 e. The van der Waals surface area contributed by atoms with Crippen LogP contribution in [0.2, 0.25) is 0 Å². The van der Waals surface area contributed by atoms with Crippen LogP contribution in [0.3, 0.4) is 0 Å². The van der Waals surface area contributed by atoms with E-state index in [2.05, 4.69) is 22.9 Å². The van der Waals surface area contributed by atoms with Gasteiger partial charge in [-0.05, 0) is 24.8 Å². The van der Waals surface area contributed by atoms with Gasteiger partial charge in [0.25, 0.3) is 5.91 Å². The van der Waals surface area contributed by atoms with Crippen LogP contribution in [0.15, 0.2) is 29.2 Å². The number of rotatable bonds is 5. The predicted molar refractivity (Wildman–Crippen MR) is 78.2 cm³/mol. The lowest BCUT2D eigenvalue weighted by molar-refractivity contribution is 0.0790. The van der Waals surface area contributed by atoms with Gasteiger partial charge in [0.05, 0.1) is 5.56 Å². The number of amides is 1. The van der Waals surface area contributed by atoms with Crippen LogP contribution in [0, 0.1) is 0 Å². The highest BCUT2D eigenvalue weighted by atomic mass is 79.9. The first-order valence-corrected chi connectivity index (χ1v) is 7.73. The summed E-state index contributed by atoms with van der Waals surface area (Å²) in [7, 11) is 1.86. The molecular weight excluding hydrogens is 298 g/mol. The molecule has 0 fully saturated rings. The van der Waals surface area contributed by atoms with E-state index < -0.39 is 0 Å². The van der Waals surface area contributed by atoms with Crippen LogP contribution in [0.25, 0.3) is 0 Å². The summed E-state index contributed by atoms with van der Waals surface area (Å²) in [6, 6.07) is 7.75. The van der Waals surface area contributed by atoms with Crippen LogP contribution in [-0.4, -0.2) is 35.5 Å². The summed E-state index contributed by atoms with van der Waals surface area (Å²) < 4.78 is 0. The molecule has 0 aliphatic rings. The van der Waals surface area contributed by atoms with Crippen molar-refractivity contribution in [1.82, 2.24) is 4.90 Å². The molecule has 0 spiro atoms. The predicted octanol–water partition coefficient (Wildman–Crippen LogP) is 3.65. The van der Waals surface area contributed by atoms with E-state index >= 15 is 0 Å². The molecule has 1 aromatic carbocycles. The second kappa shape index (κ2) is 7.07. The molecule has 4 heteroatoms. The highest BCUT2D eigenvalue weighted by molar-refractivity contribution is 9.09. The van der Waals surface area contributed by atoms with E-state index in [1.54, 1.807) is 16.7 Å². The zero-order valence-corrected chi connectivity index (χ0v) is 12.8. The van der Waals surface area contributed by atoms with Crippen LogP contribution >= 0.6 is 27.7 Å². The Hall–Kier alpha value is -0.480. The van der Waals surface area contributed by atoms with Gasteiger partial charge in [0.2, 0.25) is 0 Å². The fourth-order valence-corrected chi connectivity index (χ4v) is 2.29. The topological polar surface area (TPSA) is 20.3 Å². The fourth-order valence-electron chi connectivity index (χ4n) is 1.50. The van der Waals surface area contributed by atoms with E-state index in [1.165, 1.54) is 0 Å². The molecule has 1 amide bonds. The first-order valence-electron chi connectivity index (χ1n) is 5.58. The molecule has 0 saturated heterocycles. The van der Waals surface area contributed by atoms with Crippen LogP contribution < -0.4 is 0 Å². The van der Waals surface area contributed by atoms with Gasteiger partial charge in [-0.1, -0.05) is 35.0 Å². The Morgan fingerprint density at radius 1 is 1.47 bits per heavy atom. The average molecular weight is 316 g/mol. The van der Waals surface area contributed by atoms with Crippen molar-refractivity contribution >= 4 is 33.6 Å². The molecule has 0 aliphatic heterocycles. The lowest BCUT2D eigenvalue weighted by atomic mass is 10.2. The van der Waals surface area contributed by atoms with Crippen molar-refractivity contribution in [2.45, 2.75) is 23.1 Å². The molecule has 1 rings (SSSR count). The first-order chi connectivity index (χ1) is 8.06. The van der Waals surface area contributed by atoms with Gasteiger partial charge in [-0.25, -0.2) is 0 Å². The Morgan fingerprint density at radius 2 is 2.12 bits per heavy atom. The van der Waals surface area contributed by atoms with Crippen LogP contribution in [0.4, 0.5) is 0 Å². The number of carbonyl (C=O) groups excluding carboxylic acids is 1. The van der Waals surface area contributed by atoms with Crippen LogP contribution in [0.5, 0.6) is 0 Å². The van der Waals surface area contributed by atoms with Gasteiger partial charge in [-0.15, -0.1) is 11.8 Å². The van der Waals surface area contributed by atoms with Crippen molar-refractivity contribution < 1.29 is 4.79 Å². The Balaban J connectivity index is 2.74. The normalized spacial score (nSPS) is 12.2. The van der Waals surface area contributed by atoms with E-state index in [0.717, 1.165) is 23.4 Å². The molecule has 0 heterocycles. The highest BCUT2D eigenvalue weighted by Crippen LogP contribution is 2.21. The number of halogens is 1. The van der Waals surface area contributed by atoms with Crippen molar-refractivity contribution in [1.29, 1.82) is 0 Å². The molecule has 2 nitrogen and oxygen atoms in total. The first kappa shape index (κ1) is 14.6. The second-order valence-electron chi connectivity index (χ2n) is 4.00. The third kappa shape index (κ3) is 4.36. The maximum absolute atomic E-state index is 12.2. The van der Waals surface area contributed by atoms with E-state index in [4.69, 9.17) is 0 Å². The Labute approximate surface area is 116 Å². The van der Waals surface area contributed by atoms with Gasteiger partial charge in [0, 0.05) is 23.3 Å². The molecule has 1 atom stereocenters. The summed E-state index contributed by atoms with van der Waals surface area (Å²) in [5.74, 6) is 0.100. The lowest BCUT2D eigenvalue weighted by Gasteiger charge is -2.19. The number of alkyl halides is 1. The largest absolute Gasteiger partial charge is 0.342 e. The summed E-state index contributed by atoms with van der Waals surface area (Å²) in [4.78, 5) is 15.5. The van der Waals surface area contributed by atoms with Gasteiger partial charge >= 0.3 is 0 Å². The smallest absolute Gasteiger partial charge is 0.254 e. The maximum atomic E-state index is 12.2. The number of hydrogen-bond acceptors (Lipinski definition) is 2. The monoisotopic (exact) mass is 315 g/mol. The number of carbonyl (C=O) groups is 1. The van der Waals surface area contributed by atoms with Crippen molar-refractivity contribution in [3.63, 3.8) is 0 Å². The van der Waals surface area contributed by atoms with Crippen LogP contribution in [-0.2, 0) is 0 Å². The third-order valence-corrected chi connectivity index (χ3v) is 3.80. The molecule has 1 unspecified atom stereocenters. The Bertz CT molecular complexity index is 381. The molecule has 17 heavy (non-hydrogen) atoms. The minimum absolute atomic E-state index is 0.100. The van der Waals surface area contributed by atoms with Crippen molar-refractivity contribution in [3.8, 4) is 0 Å². The summed E-state index contributed by atoms with van der Waals surface area (Å²) in [5.41, 5.74) is 0.796. The lowest BCUT2D eigenvalue weighted by Crippen LogP contribution is -2.29. The van der Waals surface area contributed by atoms with Crippen LogP contribution in [0.1, 0.15) is 23.7 Å². The van der Waals surface area contributed by atoms with E-state index in [9.17, 15) is 4.79 Å². The highest BCUT2D eigenvalue weighted by Gasteiger charge is 2.15. The molecule has 0 aliphatic carbocycles. The number of hydrogen-bond donors (Lipinski definition) is 0. The van der Waals surface area contributed by atoms with Crippen molar-refractivity contribution in [2.24, 2.45) is 0 Å². The molecule has 0 bridgehead atoms. The standard InChI is InChI=1S/C13H18BrNOS/c1-10(14)8-9-15(2)13(16)11-6-4-5-7-12(11)17-3/h4-7,10H,8-9H2,1-3H3. The van der Waals surface area contributed by atoms with Gasteiger partial charge in [-0.3, -0.25) is 4.79 Å². The third-order valence-electron chi connectivity index (χ3n) is 2.55. The Morgan fingerprint density at radius 3 is 2.71 bits per heavy atom. The number of nitrogens with zero attached hydrogens (tertiary/aromatic N) is 1. The SMILES string of the molecule is CSc1ccccc1C(=O)N(C)CCC(C)Br. The summed E-state index contributed by atoms with van der Waals surface area (Å²) in [5, 5.41) is 0. The van der Waals surface area contributed by atoms with E-state index in [-0.39, 0.29) is 5.91 Å². The van der Waals surface area contributed by atoms with E-state index in [1.807, 2.05) is 37.6 Å². The number of thioether (sulfide) groups is 1. The van der Waals surface area contributed by atoms with Gasteiger partial charge in [0.15, 0.2) is 0 Å². The summed E-state index contributed by atoms with van der Waals surface area (Å²) >= 11 is 5.10. The molecule has 0 N–H and O–H groups in total. The number of benzene rings is 1. The Kier molecular flexibility index (Phi) is 6.06. The zero-order chi connectivity index (χ0) is 12.8. The van der Waals surface area contributed by atoms with Gasteiger partial charge < -0.3 is 4.90 Å². The average Bonchev–Trinajstić information content (AvgIpc) is 2.34. The zero-order valence-electron chi connectivity index (χ0n) is 10.4. The van der Waals surface area contributed by atoms with Crippen molar-refractivity contribution in [2.75, 3.05) is 19.8 Å². The molecule has 0 aromatic heterocycles. The second-order valence-corrected chi connectivity index (χ2v) is 6.41. The molecule has 94 valence electrons. The minimum atomic E-state index is 0.100. The minimum Gasteiger partial charge on any atom is -0.342 e. The summed E-state index contributed by atoms with van der Waals surface area (Å²) in [6.45, 7) is 2.86. The molecular formula is C13H18BrNOS. The van der Waals surface area contributed by atoms with Gasteiger partial charge in [-0.2, -0.15) is 0 Å². The fraction of sp³-hybridized carbons (Fsp3) is 0.462. The summed E-state index contributed by atoms with van der Waals surface area (Å²) in [6.07, 6.45) is 2.95. The van der Waals surface area contributed by atoms with Crippen molar-refractivity contribution in [3.05, 3.63) is 29.8 Å².